The Morgan fingerprint density at radius 1 is 1.35 bits per heavy atom. The van der Waals surface area contributed by atoms with Crippen LogP contribution in [0, 0.1) is 0 Å². The van der Waals surface area contributed by atoms with E-state index in [-0.39, 0.29) is 5.91 Å². The van der Waals surface area contributed by atoms with Gasteiger partial charge >= 0.3 is 0 Å². The van der Waals surface area contributed by atoms with Crippen molar-refractivity contribution in [3.63, 3.8) is 0 Å². The maximum atomic E-state index is 12.0. The maximum Gasteiger partial charge on any atom is 0.278 e. The first-order valence-electron chi connectivity index (χ1n) is 5.25. The largest absolute Gasteiger partial charge is 0.285 e. The fourth-order valence-electron chi connectivity index (χ4n) is 1.78. The zero-order valence-electron chi connectivity index (χ0n) is 8.89. The van der Waals surface area contributed by atoms with Crippen molar-refractivity contribution in [2.24, 2.45) is 4.99 Å². The average Bonchev–Trinajstić information content (AvgIpc) is 2.87. The normalized spacial score (nSPS) is 21.0. The lowest BCUT2D eigenvalue weighted by molar-refractivity contribution is -0.122. The van der Waals surface area contributed by atoms with Gasteiger partial charge in [0.1, 0.15) is 5.70 Å². The fraction of sp³-hybridized carbons (Fsp3) is 0.167. The van der Waals surface area contributed by atoms with Gasteiger partial charge in [-0.3, -0.25) is 9.69 Å². The summed E-state index contributed by atoms with van der Waals surface area (Å²) in [7, 11) is 0. The number of rotatable bonds is 1. The van der Waals surface area contributed by atoms with Gasteiger partial charge in [0.2, 0.25) is 0 Å². The first-order valence-corrected chi connectivity index (χ1v) is 7.02. The van der Waals surface area contributed by atoms with E-state index in [2.05, 4.69) is 20.9 Å². The molecule has 86 valence electrons. The molecular weight excluding hydrogens is 300 g/mol. The molecule has 0 spiro atoms. The third-order valence-electron chi connectivity index (χ3n) is 2.63. The number of benzene rings is 1. The Bertz CT molecular complexity index is 536. The van der Waals surface area contributed by atoms with Crippen LogP contribution in [0.1, 0.15) is 5.56 Å². The molecule has 1 saturated heterocycles. The highest BCUT2D eigenvalue weighted by Crippen LogP contribution is 2.28. The molecule has 0 aliphatic carbocycles. The predicted molar refractivity (Wildman–Crippen MR) is 73.7 cm³/mol. The number of aliphatic imine (C=N–C) groups is 1. The first kappa shape index (κ1) is 11.0. The summed E-state index contributed by atoms with van der Waals surface area (Å²) < 4.78 is 1.03. The number of carbonyl (C=O) groups excluding carboxylic acids is 1. The first-order chi connectivity index (χ1) is 8.24. The lowest BCUT2D eigenvalue weighted by atomic mass is 10.2. The number of hydrogen-bond acceptors (Lipinski definition) is 3. The molecule has 0 N–H and O–H groups in total. The van der Waals surface area contributed by atoms with Crippen molar-refractivity contribution < 1.29 is 4.79 Å². The number of carbonyl (C=O) groups is 1. The highest BCUT2D eigenvalue weighted by molar-refractivity contribution is 9.10. The Kier molecular flexibility index (Phi) is 2.80. The van der Waals surface area contributed by atoms with Crippen molar-refractivity contribution >= 4 is 44.8 Å². The Morgan fingerprint density at radius 3 is 2.82 bits per heavy atom. The number of nitrogens with zero attached hydrogens (tertiary/aromatic N) is 2. The van der Waals surface area contributed by atoms with Gasteiger partial charge in [-0.25, -0.2) is 4.99 Å². The van der Waals surface area contributed by atoms with Gasteiger partial charge in [-0.15, -0.1) is 0 Å². The third kappa shape index (κ3) is 2.05. The highest BCUT2D eigenvalue weighted by Gasteiger charge is 2.33. The zero-order valence-corrected chi connectivity index (χ0v) is 11.3. The van der Waals surface area contributed by atoms with Crippen LogP contribution in [0.4, 0.5) is 0 Å². The molecule has 0 unspecified atom stereocenters. The standard InChI is InChI=1S/C12H9BrN2OS/c13-9-3-1-8(2-4-9)7-10-11(16)15-5-6-17-12(15)14-10/h1-4,7H,5-6H2/b10-7+. The Balaban J connectivity index is 1.93. The van der Waals surface area contributed by atoms with Crippen LogP contribution < -0.4 is 0 Å². The van der Waals surface area contributed by atoms with Crippen LogP contribution in [0.15, 0.2) is 39.4 Å². The van der Waals surface area contributed by atoms with Gasteiger partial charge in [-0.1, -0.05) is 39.8 Å². The maximum absolute atomic E-state index is 12.0. The monoisotopic (exact) mass is 308 g/mol. The lowest BCUT2D eigenvalue weighted by Crippen LogP contribution is -2.26. The quantitative estimate of drug-likeness (QED) is 0.747. The molecule has 0 atom stereocenters. The summed E-state index contributed by atoms with van der Waals surface area (Å²) >= 11 is 5.02. The molecule has 1 amide bonds. The summed E-state index contributed by atoms with van der Waals surface area (Å²) in [4.78, 5) is 18.1. The molecular formula is C12H9BrN2OS. The van der Waals surface area contributed by atoms with Gasteiger partial charge in [-0.2, -0.15) is 0 Å². The number of amides is 1. The number of thioether (sulfide) groups is 1. The van der Waals surface area contributed by atoms with Gasteiger partial charge in [0.25, 0.3) is 5.91 Å². The van der Waals surface area contributed by atoms with Crippen LogP contribution in [0.5, 0.6) is 0 Å². The van der Waals surface area contributed by atoms with Gasteiger partial charge in [0.05, 0.1) is 0 Å². The van der Waals surface area contributed by atoms with E-state index in [1.807, 2.05) is 30.3 Å². The predicted octanol–water partition coefficient (Wildman–Crippen LogP) is 2.74. The van der Waals surface area contributed by atoms with Gasteiger partial charge in [-0.05, 0) is 23.8 Å². The van der Waals surface area contributed by atoms with Gasteiger partial charge < -0.3 is 0 Å². The number of fused-ring (bicyclic) bond motifs is 1. The van der Waals surface area contributed by atoms with E-state index in [0.717, 1.165) is 27.5 Å². The van der Waals surface area contributed by atoms with Crippen molar-refractivity contribution in [3.8, 4) is 0 Å². The van der Waals surface area contributed by atoms with Crippen LogP contribution in [-0.2, 0) is 4.79 Å². The van der Waals surface area contributed by atoms with Crippen molar-refractivity contribution in [2.45, 2.75) is 0 Å². The Morgan fingerprint density at radius 2 is 2.12 bits per heavy atom. The lowest BCUT2D eigenvalue weighted by Gasteiger charge is -2.05. The minimum atomic E-state index is 0.0212. The van der Waals surface area contributed by atoms with Crippen LogP contribution in [0.3, 0.4) is 0 Å². The van der Waals surface area contributed by atoms with E-state index in [1.54, 1.807) is 16.7 Å². The minimum Gasteiger partial charge on any atom is -0.285 e. The van der Waals surface area contributed by atoms with Crippen LogP contribution in [0.2, 0.25) is 0 Å². The molecule has 3 nitrogen and oxygen atoms in total. The van der Waals surface area contributed by atoms with Crippen LogP contribution >= 0.6 is 27.7 Å². The summed E-state index contributed by atoms with van der Waals surface area (Å²) in [6.07, 6.45) is 1.83. The molecule has 2 heterocycles. The molecule has 0 aromatic heterocycles. The highest BCUT2D eigenvalue weighted by atomic mass is 79.9. The summed E-state index contributed by atoms with van der Waals surface area (Å²) in [6.45, 7) is 0.778. The Hall–Kier alpha value is -1.07. The van der Waals surface area contributed by atoms with Gasteiger partial charge in [0, 0.05) is 16.8 Å². The SMILES string of the molecule is O=C1/C(=C\c2ccc(Br)cc2)N=C2SCCN12. The topological polar surface area (TPSA) is 32.7 Å². The molecule has 0 bridgehead atoms. The third-order valence-corrected chi connectivity index (χ3v) is 4.12. The summed E-state index contributed by atoms with van der Waals surface area (Å²) in [5.74, 6) is 0.976. The molecule has 2 aliphatic heterocycles. The number of amidine groups is 1. The fourth-order valence-corrected chi connectivity index (χ4v) is 3.00. The zero-order chi connectivity index (χ0) is 11.8. The number of halogens is 1. The van der Waals surface area contributed by atoms with Crippen LogP contribution in [0.25, 0.3) is 6.08 Å². The summed E-state index contributed by atoms with van der Waals surface area (Å²) in [6, 6.07) is 7.83. The molecule has 1 aromatic rings. The van der Waals surface area contributed by atoms with E-state index in [1.165, 1.54) is 0 Å². The smallest absolute Gasteiger partial charge is 0.278 e. The minimum absolute atomic E-state index is 0.0212. The van der Waals surface area contributed by atoms with E-state index in [4.69, 9.17) is 0 Å². The van der Waals surface area contributed by atoms with Crippen LogP contribution in [-0.4, -0.2) is 28.3 Å². The van der Waals surface area contributed by atoms with E-state index in [0.29, 0.717) is 5.70 Å². The second-order valence-corrected chi connectivity index (χ2v) is 5.76. The molecule has 0 saturated carbocycles. The van der Waals surface area contributed by atoms with Gasteiger partial charge in [0.15, 0.2) is 5.17 Å². The average molecular weight is 309 g/mol. The van der Waals surface area contributed by atoms with E-state index in [9.17, 15) is 4.79 Å². The molecule has 5 heteroatoms. The Labute approximate surface area is 112 Å². The second kappa shape index (κ2) is 4.31. The molecule has 2 aliphatic rings. The molecule has 1 aromatic carbocycles. The summed E-state index contributed by atoms with van der Waals surface area (Å²) in [5.41, 5.74) is 1.53. The van der Waals surface area contributed by atoms with E-state index < -0.39 is 0 Å². The molecule has 17 heavy (non-hydrogen) atoms. The van der Waals surface area contributed by atoms with E-state index >= 15 is 0 Å². The second-order valence-electron chi connectivity index (χ2n) is 3.78. The van der Waals surface area contributed by atoms with Crippen molar-refractivity contribution in [1.82, 2.24) is 4.90 Å². The van der Waals surface area contributed by atoms with Crippen molar-refractivity contribution in [2.75, 3.05) is 12.3 Å². The molecule has 3 rings (SSSR count). The molecule has 0 radical (unpaired) electrons. The number of hydrogen-bond donors (Lipinski definition) is 0. The molecule has 1 fully saturated rings. The van der Waals surface area contributed by atoms with Crippen molar-refractivity contribution in [1.29, 1.82) is 0 Å². The summed E-state index contributed by atoms with van der Waals surface area (Å²) in [5, 5.41) is 0.846. The van der Waals surface area contributed by atoms with Crippen molar-refractivity contribution in [3.05, 3.63) is 40.0 Å².